The van der Waals surface area contributed by atoms with Crippen molar-refractivity contribution in [1.29, 1.82) is 0 Å². The quantitative estimate of drug-likeness (QED) is 0.263. The largest absolute Gasteiger partial charge is 0.480 e. The molecule has 12 heteroatoms. The third-order valence-corrected chi connectivity index (χ3v) is 7.30. The van der Waals surface area contributed by atoms with E-state index in [1.54, 1.807) is 21.6 Å². The summed E-state index contributed by atoms with van der Waals surface area (Å²) in [6.45, 7) is 6.13. The maximum atomic E-state index is 12.1. The molecule has 0 aromatic carbocycles. The van der Waals surface area contributed by atoms with Gasteiger partial charge in [-0.1, -0.05) is 21.6 Å². The van der Waals surface area contributed by atoms with Gasteiger partial charge in [0.25, 0.3) is 0 Å². The van der Waals surface area contributed by atoms with Crippen molar-refractivity contribution in [2.45, 2.75) is 50.4 Å². The Labute approximate surface area is 172 Å². The molecule has 2 atom stereocenters. The Morgan fingerprint density at radius 2 is 2.00 bits per heavy atom. The summed E-state index contributed by atoms with van der Waals surface area (Å²) in [5.41, 5.74) is 0. The minimum atomic E-state index is -1.02. The Kier molecular flexibility index (Phi) is 10.3. The average molecular weight is 431 g/mol. The molecule has 2 unspecified atom stereocenters. The van der Waals surface area contributed by atoms with Gasteiger partial charge in [0.1, 0.15) is 18.4 Å². The second-order valence-corrected chi connectivity index (χ2v) is 9.78. The first kappa shape index (κ1) is 24.2. The average Bonchev–Trinajstić information content (AvgIpc) is 2.68. The van der Waals surface area contributed by atoms with Crippen molar-refractivity contribution in [1.82, 2.24) is 30.6 Å². The Bertz CT molecular complexity index is 649. The van der Waals surface area contributed by atoms with E-state index in [0.717, 1.165) is 5.75 Å². The first-order chi connectivity index (χ1) is 13.2. The molecular weight excluding hydrogens is 404 g/mol. The molecule has 0 fully saturated rings. The second-order valence-electron chi connectivity index (χ2n) is 6.66. The predicted octanol–water partition coefficient (Wildman–Crippen LogP) is 0.968. The summed E-state index contributed by atoms with van der Waals surface area (Å²) in [5.74, 6) is -0.243. The van der Waals surface area contributed by atoms with Crippen LogP contribution in [0.2, 0.25) is 0 Å². The van der Waals surface area contributed by atoms with Crippen LogP contribution in [0.4, 0.5) is 0 Å². The number of hydrogen-bond acceptors (Lipinski definition) is 10. The summed E-state index contributed by atoms with van der Waals surface area (Å²) in [6.07, 6.45) is 2.82. The van der Waals surface area contributed by atoms with E-state index in [4.69, 9.17) is 5.11 Å². The van der Waals surface area contributed by atoms with Crippen LogP contribution in [0.1, 0.15) is 45.5 Å². The van der Waals surface area contributed by atoms with Crippen molar-refractivity contribution in [3.05, 3.63) is 12.2 Å². The van der Waals surface area contributed by atoms with Gasteiger partial charge in [-0.3, -0.25) is 4.79 Å². The number of carbonyl (C=O) groups excluding carboxylic acids is 2. The highest BCUT2D eigenvalue weighted by atomic mass is 33.1. The fraction of sp³-hybridized carbons (Fsp3) is 0.688. The van der Waals surface area contributed by atoms with Gasteiger partial charge in [0.2, 0.25) is 5.91 Å². The molecule has 156 valence electrons. The van der Waals surface area contributed by atoms with E-state index in [1.807, 2.05) is 13.8 Å². The number of carboxylic acid groups (broad SMARTS) is 1. The standard InChI is InChI=1S/C16H26N6O4S2/c1-11(15(25)26)22(4)13(24)5-6-16(2,3)28-27-8-7-17-12(9-23)14-20-18-10-19-21-14/h9-12,17H,5-8H2,1-4H3,(H,25,26). The molecule has 0 aliphatic heterocycles. The lowest BCUT2D eigenvalue weighted by Gasteiger charge is -2.26. The van der Waals surface area contributed by atoms with E-state index in [1.165, 1.54) is 25.2 Å². The van der Waals surface area contributed by atoms with E-state index >= 15 is 0 Å². The van der Waals surface area contributed by atoms with Crippen molar-refractivity contribution in [2.75, 3.05) is 19.3 Å². The lowest BCUT2D eigenvalue weighted by molar-refractivity contribution is -0.148. The smallest absolute Gasteiger partial charge is 0.326 e. The summed E-state index contributed by atoms with van der Waals surface area (Å²) in [4.78, 5) is 35.5. The molecule has 1 heterocycles. The Morgan fingerprint density at radius 3 is 2.57 bits per heavy atom. The normalized spacial score (nSPS) is 13.6. The van der Waals surface area contributed by atoms with E-state index in [9.17, 15) is 14.4 Å². The minimum Gasteiger partial charge on any atom is -0.480 e. The molecule has 10 nitrogen and oxygen atoms in total. The fourth-order valence-electron chi connectivity index (χ4n) is 2.00. The summed E-state index contributed by atoms with van der Waals surface area (Å²) in [6, 6.07) is -1.49. The van der Waals surface area contributed by atoms with Crippen LogP contribution in [-0.4, -0.2) is 78.7 Å². The number of aldehydes is 1. The van der Waals surface area contributed by atoms with Crippen LogP contribution in [0.5, 0.6) is 0 Å². The molecule has 1 rings (SSSR count). The second kappa shape index (κ2) is 11.9. The van der Waals surface area contributed by atoms with Crippen molar-refractivity contribution in [3.8, 4) is 0 Å². The summed E-state index contributed by atoms with van der Waals surface area (Å²) >= 11 is 0. The Morgan fingerprint density at radius 1 is 1.36 bits per heavy atom. The molecule has 28 heavy (non-hydrogen) atoms. The fourth-order valence-corrected chi connectivity index (χ4v) is 4.50. The van der Waals surface area contributed by atoms with E-state index < -0.39 is 18.1 Å². The van der Waals surface area contributed by atoms with Gasteiger partial charge in [-0.15, -0.1) is 20.4 Å². The van der Waals surface area contributed by atoms with E-state index in [2.05, 4.69) is 25.7 Å². The lowest BCUT2D eigenvalue weighted by atomic mass is 10.1. The molecule has 0 bridgehead atoms. The number of aromatic nitrogens is 4. The number of carboxylic acids is 1. The maximum Gasteiger partial charge on any atom is 0.326 e. The molecule has 0 aliphatic rings. The van der Waals surface area contributed by atoms with Crippen LogP contribution in [0.25, 0.3) is 0 Å². The molecule has 1 aromatic heterocycles. The van der Waals surface area contributed by atoms with E-state index in [0.29, 0.717) is 19.3 Å². The monoisotopic (exact) mass is 430 g/mol. The zero-order valence-electron chi connectivity index (χ0n) is 16.4. The summed E-state index contributed by atoms with van der Waals surface area (Å²) in [5, 5.41) is 26.8. The van der Waals surface area contributed by atoms with Crippen molar-refractivity contribution in [2.24, 2.45) is 0 Å². The highest BCUT2D eigenvalue weighted by molar-refractivity contribution is 8.77. The van der Waals surface area contributed by atoms with Crippen molar-refractivity contribution < 1.29 is 19.5 Å². The molecule has 0 spiro atoms. The first-order valence-corrected chi connectivity index (χ1v) is 11.0. The van der Waals surface area contributed by atoms with Crippen LogP contribution in [0, 0.1) is 0 Å². The summed E-state index contributed by atoms with van der Waals surface area (Å²) < 4.78 is -0.159. The van der Waals surface area contributed by atoms with Gasteiger partial charge in [-0.05, 0) is 27.2 Å². The van der Waals surface area contributed by atoms with Crippen LogP contribution < -0.4 is 5.32 Å². The Hall–Kier alpha value is -1.79. The number of hydrogen-bond donors (Lipinski definition) is 2. The molecule has 2 N–H and O–H groups in total. The third-order valence-electron chi connectivity index (χ3n) is 3.94. The van der Waals surface area contributed by atoms with Gasteiger partial charge in [0.15, 0.2) is 12.2 Å². The molecule has 1 aromatic rings. The van der Waals surface area contributed by atoms with Gasteiger partial charge in [0.05, 0.1) is 0 Å². The van der Waals surface area contributed by atoms with Gasteiger partial charge in [-0.25, -0.2) is 4.79 Å². The molecule has 0 saturated heterocycles. The lowest BCUT2D eigenvalue weighted by Crippen LogP contribution is -2.40. The highest BCUT2D eigenvalue weighted by Gasteiger charge is 2.25. The molecule has 1 amide bonds. The third kappa shape index (κ3) is 8.48. The number of amides is 1. The zero-order valence-corrected chi connectivity index (χ0v) is 18.0. The zero-order chi connectivity index (χ0) is 21.2. The number of likely N-dealkylation sites (N-methyl/N-ethyl adjacent to an activating group) is 1. The van der Waals surface area contributed by atoms with Gasteiger partial charge in [0, 0.05) is 30.5 Å². The SMILES string of the molecule is CC(C(=O)O)N(C)C(=O)CCC(C)(C)SSCCNC(C=O)c1nncnn1. The number of carbonyl (C=O) groups is 3. The summed E-state index contributed by atoms with van der Waals surface area (Å²) in [7, 11) is 4.78. The van der Waals surface area contributed by atoms with Crippen LogP contribution in [-0.2, 0) is 14.4 Å². The van der Waals surface area contributed by atoms with Crippen molar-refractivity contribution >= 4 is 39.8 Å². The van der Waals surface area contributed by atoms with E-state index in [-0.39, 0.29) is 22.9 Å². The molecular formula is C16H26N6O4S2. The molecule has 0 saturated carbocycles. The van der Waals surface area contributed by atoms with Gasteiger partial charge in [-0.2, -0.15) is 0 Å². The van der Waals surface area contributed by atoms with Crippen LogP contribution in [0.3, 0.4) is 0 Å². The number of nitrogens with zero attached hydrogens (tertiary/aromatic N) is 5. The maximum absolute atomic E-state index is 12.1. The minimum absolute atomic E-state index is 0.159. The van der Waals surface area contributed by atoms with Crippen LogP contribution >= 0.6 is 21.6 Å². The topological polar surface area (TPSA) is 138 Å². The molecule has 0 aliphatic carbocycles. The van der Waals surface area contributed by atoms with Crippen molar-refractivity contribution in [3.63, 3.8) is 0 Å². The number of nitrogens with one attached hydrogen (secondary N) is 1. The highest BCUT2D eigenvalue weighted by Crippen LogP contribution is 2.38. The predicted molar refractivity (Wildman–Crippen MR) is 108 cm³/mol. The van der Waals surface area contributed by atoms with Crippen LogP contribution in [0.15, 0.2) is 6.33 Å². The number of aliphatic carboxylic acids is 1. The van der Waals surface area contributed by atoms with Gasteiger partial charge < -0.3 is 20.1 Å². The first-order valence-electron chi connectivity index (χ1n) is 8.66. The number of rotatable bonds is 13. The van der Waals surface area contributed by atoms with Gasteiger partial charge >= 0.3 is 5.97 Å². The Balaban J connectivity index is 2.30. The molecule has 0 radical (unpaired) electrons.